The molecule has 0 aliphatic carbocycles. The normalized spacial score (nSPS) is 11.9. The molecular formula is C14H17NO3S. The molecule has 0 unspecified atom stereocenters. The molecule has 2 rings (SSSR count). The molecule has 1 aromatic heterocycles. The molecule has 0 saturated carbocycles. The van der Waals surface area contributed by atoms with Crippen LogP contribution in [0.5, 0.6) is 0 Å². The average Bonchev–Trinajstić information content (AvgIpc) is 2.60. The standard InChI is InChI=1S/C14H17NO3S/c1-14(2,3)9-5-4-6-10-12(9)15(13(18)19-10)8-7-11(16)17/h4-6H,7-8H2,1-3H3,(H,16,17). The van der Waals surface area contributed by atoms with Gasteiger partial charge in [0, 0.05) is 6.54 Å². The number of para-hydroxylation sites is 1. The lowest BCUT2D eigenvalue weighted by molar-refractivity contribution is -0.137. The molecule has 4 nitrogen and oxygen atoms in total. The van der Waals surface area contributed by atoms with Crippen LogP contribution in [-0.2, 0) is 16.8 Å². The lowest BCUT2D eigenvalue weighted by Gasteiger charge is -2.21. The molecule has 19 heavy (non-hydrogen) atoms. The summed E-state index contributed by atoms with van der Waals surface area (Å²) in [5.41, 5.74) is 1.87. The van der Waals surface area contributed by atoms with Gasteiger partial charge < -0.3 is 5.11 Å². The van der Waals surface area contributed by atoms with Gasteiger partial charge in [-0.05, 0) is 17.0 Å². The number of carboxylic acids is 1. The number of hydrogen-bond acceptors (Lipinski definition) is 3. The third-order valence-corrected chi connectivity index (χ3v) is 3.99. The smallest absolute Gasteiger partial charge is 0.308 e. The van der Waals surface area contributed by atoms with Crippen molar-refractivity contribution in [2.24, 2.45) is 0 Å². The maximum absolute atomic E-state index is 12.0. The van der Waals surface area contributed by atoms with Crippen molar-refractivity contribution < 1.29 is 9.90 Å². The molecule has 102 valence electrons. The first-order chi connectivity index (χ1) is 8.80. The second-order valence-electron chi connectivity index (χ2n) is 5.57. The van der Waals surface area contributed by atoms with E-state index < -0.39 is 5.97 Å². The van der Waals surface area contributed by atoms with Gasteiger partial charge in [-0.25, -0.2) is 0 Å². The number of hydrogen-bond donors (Lipinski definition) is 1. The molecule has 0 amide bonds. The summed E-state index contributed by atoms with van der Waals surface area (Å²) < 4.78 is 2.51. The van der Waals surface area contributed by atoms with Gasteiger partial charge in [-0.1, -0.05) is 44.2 Å². The molecule has 0 bridgehead atoms. The Morgan fingerprint density at radius 1 is 1.37 bits per heavy atom. The highest BCUT2D eigenvalue weighted by molar-refractivity contribution is 7.16. The summed E-state index contributed by atoms with van der Waals surface area (Å²) >= 11 is 1.18. The van der Waals surface area contributed by atoms with E-state index in [0.29, 0.717) is 0 Å². The van der Waals surface area contributed by atoms with E-state index in [2.05, 4.69) is 20.8 Å². The van der Waals surface area contributed by atoms with Crippen molar-refractivity contribution in [2.75, 3.05) is 0 Å². The number of aryl methyl sites for hydroxylation is 1. The first-order valence-electron chi connectivity index (χ1n) is 6.15. The van der Waals surface area contributed by atoms with Crippen LogP contribution in [0.2, 0.25) is 0 Å². The van der Waals surface area contributed by atoms with Crippen molar-refractivity contribution in [3.63, 3.8) is 0 Å². The van der Waals surface area contributed by atoms with Gasteiger partial charge >= 0.3 is 10.8 Å². The summed E-state index contributed by atoms with van der Waals surface area (Å²) in [6.07, 6.45) is -0.0375. The Morgan fingerprint density at radius 3 is 2.63 bits per heavy atom. The molecule has 0 radical (unpaired) electrons. The van der Waals surface area contributed by atoms with E-state index in [-0.39, 0.29) is 23.3 Å². The second kappa shape index (κ2) is 4.81. The Bertz CT molecular complexity index is 676. The third kappa shape index (κ3) is 2.71. The van der Waals surface area contributed by atoms with E-state index in [1.807, 2.05) is 18.2 Å². The maximum Gasteiger partial charge on any atom is 0.308 e. The van der Waals surface area contributed by atoms with Gasteiger partial charge in [0.05, 0.1) is 16.6 Å². The van der Waals surface area contributed by atoms with E-state index >= 15 is 0 Å². The summed E-state index contributed by atoms with van der Waals surface area (Å²) in [6, 6.07) is 5.86. The summed E-state index contributed by atoms with van der Waals surface area (Å²) in [5, 5.41) is 8.79. The molecule has 0 aliphatic heterocycles. The predicted octanol–water partition coefficient (Wildman–Crippen LogP) is 2.84. The number of benzene rings is 1. The molecule has 1 aromatic carbocycles. The Labute approximate surface area is 115 Å². The highest BCUT2D eigenvalue weighted by Gasteiger charge is 2.21. The quantitative estimate of drug-likeness (QED) is 0.939. The van der Waals surface area contributed by atoms with Crippen molar-refractivity contribution >= 4 is 27.5 Å². The van der Waals surface area contributed by atoms with Crippen molar-refractivity contribution in [1.29, 1.82) is 0 Å². The third-order valence-electron chi connectivity index (χ3n) is 3.04. The highest BCUT2D eigenvalue weighted by Crippen LogP contribution is 2.31. The molecule has 5 heteroatoms. The van der Waals surface area contributed by atoms with Gasteiger partial charge in [0.25, 0.3) is 0 Å². The maximum atomic E-state index is 12.0. The van der Waals surface area contributed by atoms with Gasteiger partial charge in [-0.15, -0.1) is 0 Å². The second-order valence-corrected chi connectivity index (χ2v) is 6.56. The molecule has 0 saturated heterocycles. The van der Waals surface area contributed by atoms with E-state index in [1.165, 1.54) is 11.3 Å². The monoisotopic (exact) mass is 279 g/mol. The molecule has 1 N–H and O–H groups in total. The zero-order chi connectivity index (χ0) is 14.2. The minimum Gasteiger partial charge on any atom is -0.481 e. The Hall–Kier alpha value is -1.62. The first kappa shape index (κ1) is 13.8. The number of rotatable bonds is 3. The van der Waals surface area contributed by atoms with Crippen LogP contribution in [0.25, 0.3) is 10.2 Å². The van der Waals surface area contributed by atoms with E-state index in [9.17, 15) is 9.59 Å². The number of nitrogens with zero attached hydrogens (tertiary/aromatic N) is 1. The Kier molecular flexibility index (Phi) is 3.49. The number of aliphatic carboxylic acids is 1. The van der Waals surface area contributed by atoms with Crippen LogP contribution in [0.15, 0.2) is 23.0 Å². The number of carbonyl (C=O) groups is 1. The van der Waals surface area contributed by atoms with Gasteiger partial charge in [-0.2, -0.15) is 0 Å². The van der Waals surface area contributed by atoms with E-state index in [0.717, 1.165) is 15.8 Å². The molecule has 0 spiro atoms. The van der Waals surface area contributed by atoms with Gasteiger partial charge in [-0.3, -0.25) is 14.2 Å². The molecule has 2 aromatic rings. The van der Waals surface area contributed by atoms with Crippen LogP contribution < -0.4 is 4.87 Å². The molecule has 1 heterocycles. The average molecular weight is 279 g/mol. The van der Waals surface area contributed by atoms with Gasteiger partial charge in [0.2, 0.25) is 0 Å². The van der Waals surface area contributed by atoms with Gasteiger partial charge in [0.15, 0.2) is 0 Å². The summed E-state index contributed by atoms with van der Waals surface area (Å²) in [5.74, 6) is -0.889. The molecule has 0 atom stereocenters. The van der Waals surface area contributed by atoms with Crippen LogP contribution in [-0.4, -0.2) is 15.6 Å². The Morgan fingerprint density at radius 2 is 2.05 bits per heavy atom. The number of aromatic nitrogens is 1. The van der Waals surface area contributed by atoms with Crippen LogP contribution in [0.1, 0.15) is 32.8 Å². The minimum atomic E-state index is -0.889. The van der Waals surface area contributed by atoms with Crippen LogP contribution in [0.4, 0.5) is 0 Å². The number of fused-ring (bicyclic) bond motifs is 1. The minimum absolute atomic E-state index is 0.0375. The fourth-order valence-corrected chi connectivity index (χ4v) is 3.08. The van der Waals surface area contributed by atoms with Crippen LogP contribution in [0.3, 0.4) is 0 Å². The number of carboxylic acid groups (broad SMARTS) is 1. The van der Waals surface area contributed by atoms with E-state index in [1.54, 1.807) is 4.57 Å². The predicted molar refractivity (Wildman–Crippen MR) is 77.0 cm³/mol. The zero-order valence-corrected chi connectivity index (χ0v) is 12.1. The first-order valence-corrected chi connectivity index (χ1v) is 6.97. The van der Waals surface area contributed by atoms with Crippen molar-refractivity contribution in [3.05, 3.63) is 33.4 Å². The summed E-state index contributed by atoms with van der Waals surface area (Å²) in [6.45, 7) is 6.49. The lowest BCUT2D eigenvalue weighted by atomic mass is 9.86. The van der Waals surface area contributed by atoms with E-state index in [4.69, 9.17) is 5.11 Å². The zero-order valence-electron chi connectivity index (χ0n) is 11.3. The summed E-state index contributed by atoms with van der Waals surface area (Å²) in [7, 11) is 0. The summed E-state index contributed by atoms with van der Waals surface area (Å²) in [4.78, 5) is 22.6. The fraction of sp³-hybridized carbons (Fsp3) is 0.429. The van der Waals surface area contributed by atoms with Crippen LogP contribution >= 0.6 is 11.3 Å². The van der Waals surface area contributed by atoms with Crippen molar-refractivity contribution in [1.82, 2.24) is 4.57 Å². The molecule has 0 aliphatic rings. The van der Waals surface area contributed by atoms with Gasteiger partial charge in [0.1, 0.15) is 0 Å². The molecule has 0 fully saturated rings. The number of thiazole rings is 1. The lowest BCUT2D eigenvalue weighted by Crippen LogP contribution is -2.19. The molecular weight excluding hydrogens is 262 g/mol. The fourth-order valence-electron chi connectivity index (χ4n) is 2.14. The van der Waals surface area contributed by atoms with Crippen LogP contribution in [0, 0.1) is 0 Å². The van der Waals surface area contributed by atoms with Crippen molar-refractivity contribution in [2.45, 2.75) is 39.2 Å². The van der Waals surface area contributed by atoms with Crippen molar-refractivity contribution in [3.8, 4) is 0 Å². The SMILES string of the molecule is CC(C)(C)c1cccc2sc(=O)n(CCC(=O)O)c12. The Balaban J connectivity index is 2.66. The topological polar surface area (TPSA) is 59.3 Å². The highest BCUT2D eigenvalue weighted by atomic mass is 32.1. The largest absolute Gasteiger partial charge is 0.481 e.